The number of carbonyl (C=O) groups excluding carboxylic acids is 2. The standard InChI is InChI=1S/C20H16F2N4O3/c1-2-29-19(28)13-5-3-4-6-15(13)25-20-23-10-9-17(26-20)18(27)24-16-8-7-12(21)11-14(16)22/h3-11H,2H2,1H3,(H,24,27)(H,23,25,26). The molecule has 2 aromatic carbocycles. The number of carbonyl (C=O) groups is 2. The predicted molar refractivity (Wildman–Crippen MR) is 102 cm³/mol. The normalized spacial score (nSPS) is 10.3. The lowest BCUT2D eigenvalue weighted by atomic mass is 10.2. The third-order valence-corrected chi connectivity index (χ3v) is 3.74. The number of amides is 1. The summed E-state index contributed by atoms with van der Waals surface area (Å²) in [6, 6.07) is 10.7. The van der Waals surface area contributed by atoms with Crippen LogP contribution >= 0.6 is 0 Å². The van der Waals surface area contributed by atoms with Crippen LogP contribution in [0.2, 0.25) is 0 Å². The smallest absolute Gasteiger partial charge is 0.340 e. The minimum Gasteiger partial charge on any atom is -0.462 e. The SMILES string of the molecule is CCOC(=O)c1ccccc1Nc1nccc(C(=O)Nc2ccc(F)cc2F)n1. The number of nitrogens with one attached hydrogen (secondary N) is 2. The Hall–Kier alpha value is -3.88. The minimum atomic E-state index is -0.908. The first kappa shape index (κ1) is 19.9. The first-order valence-electron chi connectivity index (χ1n) is 8.60. The Bertz CT molecular complexity index is 1060. The molecule has 148 valence electrons. The fourth-order valence-electron chi connectivity index (χ4n) is 2.42. The number of rotatable bonds is 6. The quantitative estimate of drug-likeness (QED) is 0.611. The van der Waals surface area contributed by atoms with Crippen LogP contribution in [0.3, 0.4) is 0 Å². The molecule has 3 aromatic rings. The highest BCUT2D eigenvalue weighted by atomic mass is 19.1. The Morgan fingerprint density at radius 2 is 1.86 bits per heavy atom. The molecule has 0 aliphatic carbocycles. The van der Waals surface area contributed by atoms with Crippen LogP contribution in [0.4, 0.5) is 26.1 Å². The maximum absolute atomic E-state index is 13.7. The number of hydrogen-bond acceptors (Lipinski definition) is 6. The lowest BCUT2D eigenvalue weighted by Gasteiger charge is -2.11. The molecular formula is C20H16F2N4O3. The number of aromatic nitrogens is 2. The van der Waals surface area contributed by atoms with Crippen LogP contribution in [0, 0.1) is 11.6 Å². The van der Waals surface area contributed by atoms with Crippen LogP contribution in [-0.4, -0.2) is 28.5 Å². The molecule has 0 aliphatic heterocycles. The molecule has 0 saturated heterocycles. The second-order valence-corrected chi connectivity index (χ2v) is 5.73. The highest BCUT2D eigenvalue weighted by Gasteiger charge is 2.15. The molecule has 1 amide bonds. The molecule has 0 atom stereocenters. The maximum Gasteiger partial charge on any atom is 0.340 e. The van der Waals surface area contributed by atoms with Gasteiger partial charge in [-0.15, -0.1) is 0 Å². The summed E-state index contributed by atoms with van der Waals surface area (Å²) < 4.78 is 31.7. The van der Waals surface area contributed by atoms with E-state index in [-0.39, 0.29) is 29.5 Å². The second-order valence-electron chi connectivity index (χ2n) is 5.73. The van der Waals surface area contributed by atoms with Crippen LogP contribution in [0.5, 0.6) is 0 Å². The molecular weight excluding hydrogens is 382 g/mol. The van der Waals surface area contributed by atoms with Gasteiger partial charge in [-0.25, -0.2) is 23.5 Å². The topological polar surface area (TPSA) is 93.2 Å². The molecule has 0 saturated carbocycles. The zero-order chi connectivity index (χ0) is 20.8. The van der Waals surface area contributed by atoms with Gasteiger partial charge in [0, 0.05) is 12.3 Å². The highest BCUT2D eigenvalue weighted by molar-refractivity contribution is 6.03. The Balaban J connectivity index is 1.80. The summed E-state index contributed by atoms with van der Waals surface area (Å²) in [6.45, 7) is 1.92. The molecule has 1 heterocycles. The molecule has 2 N–H and O–H groups in total. The number of anilines is 3. The predicted octanol–water partition coefficient (Wildman–Crippen LogP) is 3.93. The van der Waals surface area contributed by atoms with E-state index in [4.69, 9.17) is 4.74 Å². The number of hydrogen-bond donors (Lipinski definition) is 2. The van der Waals surface area contributed by atoms with Gasteiger partial charge in [0.25, 0.3) is 5.91 Å². The molecule has 9 heteroatoms. The van der Waals surface area contributed by atoms with E-state index in [2.05, 4.69) is 20.6 Å². The molecule has 0 fully saturated rings. The summed E-state index contributed by atoms with van der Waals surface area (Å²) in [5, 5.41) is 5.18. The Kier molecular flexibility index (Phi) is 6.08. The monoisotopic (exact) mass is 398 g/mol. The summed E-state index contributed by atoms with van der Waals surface area (Å²) in [5.74, 6) is -2.84. The van der Waals surface area contributed by atoms with Gasteiger partial charge in [0.1, 0.15) is 17.3 Å². The number of para-hydroxylation sites is 1. The van der Waals surface area contributed by atoms with E-state index < -0.39 is 23.5 Å². The van der Waals surface area contributed by atoms with Crippen molar-refractivity contribution < 1.29 is 23.1 Å². The Morgan fingerprint density at radius 3 is 2.62 bits per heavy atom. The zero-order valence-electron chi connectivity index (χ0n) is 15.3. The van der Waals surface area contributed by atoms with Crippen molar-refractivity contribution in [2.45, 2.75) is 6.92 Å². The summed E-state index contributed by atoms with van der Waals surface area (Å²) >= 11 is 0. The molecule has 1 aromatic heterocycles. The second kappa shape index (κ2) is 8.87. The Labute approximate surface area is 164 Å². The fourth-order valence-corrected chi connectivity index (χ4v) is 2.42. The van der Waals surface area contributed by atoms with Crippen molar-refractivity contribution in [1.82, 2.24) is 9.97 Å². The third kappa shape index (κ3) is 4.89. The van der Waals surface area contributed by atoms with Crippen molar-refractivity contribution in [1.29, 1.82) is 0 Å². The van der Waals surface area contributed by atoms with Gasteiger partial charge in [-0.2, -0.15) is 0 Å². The number of benzene rings is 2. The first-order chi connectivity index (χ1) is 14.0. The average Bonchev–Trinajstić information content (AvgIpc) is 2.71. The van der Waals surface area contributed by atoms with Gasteiger partial charge in [0.05, 0.1) is 23.5 Å². The zero-order valence-corrected chi connectivity index (χ0v) is 15.3. The summed E-state index contributed by atoms with van der Waals surface area (Å²) in [4.78, 5) is 32.5. The summed E-state index contributed by atoms with van der Waals surface area (Å²) in [6.07, 6.45) is 1.33. The van der Waals surface area contributed by atoms with Crippen molar-refractivity contribution >= 4 is 29.2 Å². The van der Waals surface area contributed by atoms with Crippen LogP contribution in [0.15, 0.2) is 54.7 Å². The van der Waals surface area contributed by atoms with E-state index >= 15 is 0 Å². The molecule has 0 aliphatic rings. The molecule has 0 radical (unpaired) electrons. The minimum absolute atomic E-state index is 0.0500. The molecule has 0 unspecified atom stereocenters. The highest BCUT2D eigenvalue weighted by Crippen LogP contribution is 2.20. The average molecular weight is 398 g/mol. The summed E-state index contributed by atoms with van der Waals surface area (Å²) in [5.41, 5.74) is 0.436. The van der Waals surface area contributed by atoms with Gasteiger partial charge in [-0.1, -0.05) is 12.1 Å². The van der Waals surface area contributed by atoms with Crippen molar-refractivity contribution in [3.8, 4) is 0 Å². The lowest BCUT2D eigenvalue weighted by Crippen LogP contribution is -2.16. The molecule has 3 rings (SSSR count). The van der Waals surface area contributed by atoms with E-state index in [1.165, 1.54) is 12.3 Å². The van der Waals surface area contributed by atoms with E-state index in [0.29, 0.717) is 11.8 Å². The molecule has 7 nitrogen and oxygen atoms in total. The fraction of sp³-hybridized carbons (Fsp3) is 0.100. The van der Waals surface area contributed by atoms with Crippen LogP contribution in [0.25, 0.3) is 0 Å². The first-order valence-corrected chi connectivity index (χ1v) is 8.60. The maximum atomic E-state index is 13.7. The third-order valence-electron chi connectivity index (χ3n) is 3.74. The van der Waals surface area contributed by atoms with Crippen LogP contribution in [0.1, 0.15) is 27.8 Å². The van der Waals surface area contributed by atoms with Gasteiger partial charge >= 0.3 is 5.97 Å². The van der Waals surface area contributed by atoms with Crippen LogP contribution in [-0.2, 0) is 4.74 Å². The lowest BCUT2D eigenvalue weighted by molar-refractivity contribution is 0.0527. The largest absolute Gasteiger partial charge is 0.462 e. The number of ether oxygens (including phenoxy) is 1. The van der Waals surface area contributed by atoms with Crippen molar-refractivity contribution in [3.63, 3.8) is 0 Å². The van der Waals surface area contributed by atoms with Gasteiger partial charge in [-0.05, 0) is 37.3 Å². The van der Waals surface area contributed by atoms with Gasteiger partial charge in [0.2, 0.25) is 5.95 Å². The number of halogens is 2. The summed E-state index contributed by atoms with van der Waals surface area (Å²) in [7, 11) is 0. The van der Waals surface area contributed by atoms with Gasteiger partial charge < -0.3 is 15.4 Å². The van der Waals surface area contributed by atoms with Gasteiger partial charge in [-0.3, -0.25) is 4.79 Å². The van der Waals surface area contributed by atoms with E-state index in [9.17, 15) is 18.4 Å². The number of esters is 1. The molecule has 0 bridgehead atoms. The van der Waals surface area contributed by atoms with Crippen molar-refractivity contribution in [2.75, 3.05) is 17.2 Å². The Morgan fingerprint density at radius 1 is 1.07 bits per heavy atom. The van der Waals surface area contributed by atoms with E-state index in [0.717, 1.165) is 12.1 Å². The van der Waals surface area contributed by atoms with Crippen molar-refractivity contribution in [2.24, 2.45) is 0 Å². The molecule has 0 spiro atoms. The van der Waals surface area contributed by atoms with Crippen LogP contribution < -0.4 is 10.6 Å². The molecule has 29 heavy (non-hydrogen) atoms. The van der Waals surface area contributed by atoms with E-state index in [1.54, 1.807) is 31.2 Å². The van der Waals surface area contributed by atoms with Gasteiger partial charge in [0.15, 0.2) is 0 Å². The van der Waals surface area contributed by atoms with E-state index in [1.807, 2.05) is 0 Å². The van der Waals surface area contributed by atoms with Crippen molar-refractivity contribution in [3.05, 3.63) is 77.6 Å². The number of nitrogens with zero attached hydrogens (tertiary/aromatic N) is 2.